The Morgan fingerprint density at radius 1 is 1.25 bits per heavy atom. The molecule has 1 atom stereocenters. The summed E-state index contributed by atoms with van der Waals surface area (Å²) < 4.78 is 39.1. The van der Waals surface area contributed by atoms with Crippen molar-refractivity contribution in [2.24, 2.45) is 5.73 Å². The number of nitrogens with two attached hydrogens (primary N) is 1. The third kappa shape index (κ3) is 3.39. The van der Waals surface area contributed by atoms with E-state index in [0.29, 0.717) is 6.42 Å². The molecule has 1 heterocycles. The lowest BCUT2D eigenvalue weighted by Crippen LogP contribution is -2.13. The zero-order valence-electron chi connectivity index (χ0n) is 11.1. The number of hydrogen-bond donors (Lipinski definition) is 1. The molecule has 1 unspecified atom stereocenters. The lowest BCUT2D eigenvalue weighted by molar-refractivity contribution is -0.137. The topological polar surface area (TPSA) is 43.8 Å². The van der Waals surface area contributed by atoms with Gasteiger partial charge in [-0.25, -0.2) is 0 Å². The third-order valence-corrected chi connectivity index (χ3v) is 3.14. The van der Waals surface area contributed by atoms with E-state index in [2.05, 4.69) is 5.10 Å². The van der Waals surface area contributed by atoms with Crippen molar-refractivity contribution in [2.75, 3.05) is 0 Å². The molecule has 20 heavy (non-hydrogen) atoms. The lowest BCUT2D eigenvalue weighted by atomic mass is 10.0. The summed E-state index contributed by atoms with van der Waals surface area (Å²) in [6.45, 7) is 2.73. The number of aryl methyl sites for hydroxylation is 1. The first-order valence-electron chi connectivity index (χ1n) is 6.34. The van der Waals surface area contributed by atoms with Crippen LogP contribution in [0.15, 0.2) is 36.7 Å². The van der Waals surface area contributed by atoms with Crippen LogP contribution in [0.3, 0.4) is 0 Å². The minimum atomic E-state index is -4.30. The van der Waals surface area contributed by atoms with Crippen LogP contribution in [-0.4, -0.2) is 9.78 Å². The molecule has 0 radical (unpaired) electrons. The van der Waals surface area contributed by atoms with Crippen LogP contribution in [0.4, 0.5) is 13.2 Å². The summed E-state index contributed by atoms with van der Waals surface area (Å²) in [5, 5.41) is 4.13. The molecule has 0 bridgehead atoms. The van der Waals surface area contributed by atoms with Crippen LogP contribution in [0, 0.1) is 0 Å². The summed E-state index contributed by atoms with van der Waals surface area (Å²) in [6, 6.07) is 4.82. The van der Waals surface area contributed by atoms with Crippen LogP contribution in [0.2, 0.25) is 0 Å². The largest absolute Gasteiger partial charge is 0.416 e. The average Bonchev–Trinajstić information content (AvgIpc) is 2.87. The molecule has 3 nitrogen and oxygen atoms in total. The molecule has 0 fully saturated rings. The van der Waals surface area contributed by atoms with E-state index in [1.165, 1.54) is 12.1 Å². The second-order valence-corrected chi connectivity index (χ2v) is 4.63. The number of alkyl halides is 3. The van der Waals surface area contributed by atoms with Crippen molar-refractivity contribution in [3.8, 4) is 0 Å². The van der Waals surface area contributed by atoms with Crippen molar-refractivity contribution >= 4 is 0 Å². The second-order valence-electron chi connectivity index (χ2n) is 4.63. The molecule has 0 saturated carbocycles. The maximum absolute atomic E-state index is 12.5. The Hall–Kier alpha value is -1.82. The van der Waals surface area contributed by atoms with Crippen LogP contribution in [-0.2, 0) is 19.1 Å². The molecule has 1 aromatic carbocycles. The monoisotopic (exact) mass is 283 g/mol. The van der Waals surface area contributed by atoms with Crippen LogP contribution in [0.5, 0.6) is 0 Å². The zero-order chi connectivity index (χ0) is 14.8. The molecule has 108 valence electrons. The van der Waals surface area contributed by atoms with Crippen LogP contribution in [0.1, 0.15) is 29.7 Å². The highest BCUT2D eigenvalue weighted by Crippen LogP contribution is 2.29. The van der Waals surface area contributed by atoms with E-state index < -0.39 is 11.7 Å². The van der Waals surface area contributed by atoms with Crippen LogP contribution < -0.4 is 5.73 Å². The van der Waals surface area contributed by atoms with E-state index in [0.717, 1.165) is 29.8 Å². The fourth-order valence-corrected chi connectivity index (χ4v) is 1.95. The first kappa shape index (κ1) is 14.6. The van der Waals surface area contributed by atoms with Gasteiger partial charge in [0.05, 0.1) is 11.8 Å². The Kier molecular flexibility index (Phi) is 4.13. The summed E-state index contributed by atoms with van der Waals surface area (Å²) in [5.41, 5.74) is 7.05. The SMILES string of the molecule is CCn1cc(C(N)Cc2ccc(C(F)(F)F)cc2)cn1. The molecule has 1 aromatic heterocycles. The van der Waals surface area contributed by atoms with Gasteiger partial charge in [0.25, 0.3) is 0 Å². The van der Waals surface area contributed by atoms with Crippen molar-refractivity contribution in [2.45, 2.75) is 32.1 Å². The van der Waals surface area contributed by atoms with Crippen molar-refractivity contribution in [3.63, 3.8) is 0 Å². The van der Waals surface area contributed by atoms with E-state index >= 15 is 0 Å². The average molecular weight is 283 g/mol. The van der Waals surface area contributed by atoms with Gasteiger partial charge in [-0.2, -0.15) is 18.3 Å². The van der Waals surface area contributed by atoms with Gasteiger partial charge < -0.3 is 5.73 Å². The normalized spacial score (nSPS) is 13.4. The minimum Gasteiger partial charge on any atom is -0.324 e. The molecule has 0 aliphatic carbocycles. The molecule has 0 amide bonds. The predicted octanol–water partition coefficient (Wildman–Crippen LogP) is 3.16. The zero-order valence-corrected chi connectivity index (χ0v) is 11.1. The van der Waals surface area contributed by atoms with Crippen molar-refractivity contribution in [3.05, 3.63) is 53.3 Å². The lowest BCUT2D eigenvalue weighted by Gasteiger charge is -2.11. The number of hydrogen-bond acceptors (Lipinski definition) is 2. The number of nitrogens with zero attached hydrogens (tertiary/aromatic N) is 2. The minimum absolute atomic E-state index is 0.271. The molecule has 0 spiro atoms. The van der Waals surface area contributed by atoms with Crippen LogP contribution in [0.25, 0.3) is 0 Å². The summed E-state index contributed by atoms with van der Waals surface area (Å²) in [7, 11) is 0. The van der Waals surface area contributed by atoms with Crippen molar-refractivity contribution in [1.29, 1.82) is 0 Å². The standard InChI is InChI=1S/C14H16F3N3/c1-2-20-9-11(8-19-20)13(18)7-10-3-5-12(6-4-10)14(15,16)17/h3-6,8-9,13H,2,7,18H2,1H3. The van der Waals surface area contributed by atoms with Gasteiger partial charge in [0.1, 0.15) is 0 Å². The third-order valence-electron chi connectivity index (χ3n) is 3.14. The summed E-state index contributed by atoms with van der Waals surface area (Å²) in [4.78, 5) is 0. The van der Waals surface area contributed by atoms with Gasteiger partial charge in [-0.3, -0.25) is 4.68 Å². The van der Waals surface area contributed by atoms with E-state index in [9.17, 15) is 13.2 Å². The molecule has 0 aliphatic rings. The summed E-state index contributed by atoms with van der Waals surface area (Å²) in [6.07, 6.45) is -0.274. The number of rotatable bonds is 4. The second kappa shape index (κ2) is 5.66. The summed E-state index contributed by atoms with van der Waals surface area (Å²) >= 11 is 0. The highest BCUT2D eigenvalue weighted by atomic mass is 19.4. The van der Waals surface area contributed by atoms with Gasteiger partial charge in [0, 0.05) is 24.3 Å². The Bertz CT molecular complexity index is 558. The van der Waals surface area contributed by atoms with Gasteiger partial charge >= 0.3 is 6.18 Å². The van der Waals surface area contributed by atoms with Crippen molar-refractivity contribution in [1.82, 2.24) is 9.78 Å². The molecular weight excluding hydrogens is 267 g/mol. The van der Waals surface area contributed by atoms with Gasteiger partial charge in [-0.05, 0) is 31.0 Å². The fraction of sp³-hybridized carbons (Fsp3) is 0.357. The summed E-state index contributed by atoms with van der Waals surface area (Å²) in [5.74, 6) is 0. The van der Waals surface area contributed by atoms with Gasteiger partial charge in [0.2, 0.25) is 0 Å². The number of halogens is 3. The van der Waals surface area contributed by atoms with E-state index in [1.54, 1.807) is 10.9 Å². The van der Waals surface area contributed by atoms with Gasteiger partial charge in [0.15, 0.2) is 0 Å². The van der Waals surface area contributed by atoms with E-state index in [1.807, 2.05) is 13.1 Å². The maximum atomic E-state index is 12.5. The number of aromatic nitrogens is 2. The molecule has 2 N–H and O–H groups in total. The highest BCUT2D eigenvalue weighted by molar-refractivity contribution is 5.26. The Balaban J connectivity index is 2.06. The molecular formula is C14H16F3N3. The highest BCUT2D eigenvalue weighted by Gasteiger charge is 2.29. The maximum Gasteiger partial charge on any atom is 0.416 e. The molecule has 2 aromatic rings. The first-order valence-corrected chi connectivity index (χ1v) is 6.34. The van der Waals surface area contributed by atoms with Gasteiger partial charge in [-0.1, -0.05) is 12.1 Å². The molecule has 2 rings (SSSR count). The van der Waals surface area contributed by atoms with Gasteiger partial charge in [-0.15, -0.1) is 0 Å². The van der Waals surface area contributed by atoms with Crippen molar-refractivity contribution < 1.29 is 13.2 Å². The Morgan fingerprint density at radius 3 is 2.40 bits per heavy atom. The smallest absolute Gasteiger partial charge is 0.324 e. The molecule has 0 saturated heterocycles. The van der Waals surface area contributed by atoms with E-state index in [4.69, 9.17) is 5.73 Å². The fourth-order valence-electron chi connectivity index (χ4n) is 1.95. The number of benzene rings is 1. The quantitative estimate of drug-likeness (QED) is 0.936. The first-order chi connectivity index (χ1) is 9.40. The molecule has 0 aliphatic heterocycles. The Morgan fingerprint density at radius 2 is 1.90 bits per heavy atom. The van der Waals surface area contributed by atoms with Crippen LogP contribution >= 0.6 is 0 Å². The predicted molar refractivity (Wildman–Crippen MR) is 70.0 cm³/mol. The molecule has 6 heteroatoms. The Labute approximate surface area is 115 Å². The van der Waals surface area contributed by atoms with E-state index in [-0.39, 0.29) is 6.04 Å².